The van der Waals surface area contributed by atoms with E-state index in [1.807, 2.05) is 22.4 Å². The lowest BCUT2D eigenvalue weighted by atomic mass is 10.0. The molecule has 1 aliphatic rings. The van der Waals surface area contributed by atoms with Crippen molar-refractivity contribution in [3.05, 3.63) is 39.9 Å². The predicted octanol–water partition coefficient (Wildman–Crippen LogP) is 2.01. The minimum atomic E-state index is -0.217. The van der Waals surface area contributed by atoms with Crippen LogP contribution in [0.15, 0.2) is 28.1 Å². The van der Waals surface area contributed by atoms with Crippen LogP contribution >= 0.6 is 11.3 Å². The van der Waals surface area contributed by atoms with Crippen LogP contribution in [0.3, 0.4) is 0 Å². The summed E-state index contributed by atoms with van der Waals surface area (Å²) in [7, 11) is 0. The molecule has 3 heterocycles. The Morgan fingerprint density at radius 1 is 1.43 bits per heavy atom. The number of amides is 2. The van der Waals surface area contributed by atoms with E-state index in [-0.39, 0.29) is 17.9 Å². The smallest absolute Gasteiger partial charge is 0.273 e. The first-order valence-electron chi connectivity index (χ1n) is 7.66. The molecule has 0 radical (unpaired) electrons. The summed E-state index contributed by atoms with van der Waals surface area (Å²) in [5.74, 6) is 0.554. The molecule has 0 saturated carbocycles. The number of nitrogens with one attached hydrogen (secondary N) is 1. The molecule has 1 aliphatic heterocycles. The Hall–Kier alpha value is -2.15. The first-order valence-corrected chi connectivity index (χ1v) is 8.54. The Kier molecular flexibility index (Phi) is 4.76. The molecule has 122 valence electrons. The number of piperidine rings is 1. The van der Waals surface area contributed by atoms with Crippen LogP contribution in [0, 0.1) is 6.92 Å². The summed E-state index contributed by atoms with van der Waals surface area (Å²) in [4.78, 5) is 27.2. The molecule has 0 atom stereocenters. The second kappa shape index (κ2) is 6.95. The van der Waals surface area contributed by atoms with Crippen molar-refractivity contribution >= 4 is 23.2 Å². The number of rotatable bonds is 4. The molecule has 1 N–H and O–H groups in total. The molecular weight excluding hydrogens is 314 g/mol. The van der Waals surface area contributed by atoms with Crippen LogP contribution in [0.4, 0.5) is 0 Å². The number of aryl methyl sites for hydroxylation is 1. The van der Waals surface area contributed by atoms with Gasteiger partial charge in [-0.15, -0.1) is 11.3 Å². The molecule has 23 heavy (non-hydrogen) atoms. The van der Waals surface area contributed by atoms with E-state index in [9.17, 15) is 9.59 Å². The number of hydrogen-bond acceptors (Lipinski definition) is 5. The van der Waals surface area contributed by atoms with Crippen LogP contribution in [0.1, 0.15) is 34.0 Å². The van der Waals surface area contributed by atoms with E-state index in [0.717, 1.165) is 17.7 Å². The van der Waals surface area contributed by atoms with Gasteiger partial charge >= 0.3 is 0 Å². The van der Waals surface area contributed by atoms with E-state index < -0.39 is 0 Å². The Bertz CT molecular complexity index is 673. The highest BCUT2D eigenvalue weighted by Gasteiger charge is 2.25. The Morgan fingerprint density at radius 2 is 2.22 bits per heavy atom. The third kappa shape index (κ3) is 3.98. The minimum absolute atomic E-state index is 0.0743. The lowest BCUT2D eigenvalue weighted by Crippen LogP contribution is -2.47. The third-order valence-corrected chi connectivity index (χ3v) is 4.83. The Balaban J connectivity index is 1.46. The second-order valence-corrected chi connectivity index (χ2v) is 6.74. The zero-order valence-electron chi connectivity index (χ0n) is 12.9. The molecule has 6 nitrogen and oxygen atoms in total. The molecular formula is C16H19N3O3S. The quantitative estimate of drug-likeness (QED) is 0.929. The van der Waals surface area contributed by atoms with Gasteiger partial charge in [-0.2, -0.15) is 0 Å². The van der Waals surface area contributed by atoms with E-state index in [2.05, 4.69) is 10.5 Å². The van der Waals surface area contributed by atoms with E-state index in [1.165, 1.54) is 0 Å². The number of aromatic nitrogens is 1. The van der Waals surface area contributed by atoms with E-state index in [1.54, 1.807) is 24.3 Å². The fourth-order valence-corrected chi connectivity index (χ4v) is 3.38. The predicted molar refractivity (Wildman–Crippen MR) is 86.3 cm³/mol. The van der Waals surface area contributed by atoms with Crippen molar-refractivity contribution < 1.29 is 14.1 Å². The van der Waals surface area contributed by atoms with Crippen LogP contribution in [-0.2, 0) is 11.2 Å². The highest BCUT2D eigenvalue weighted by Crippen LogP contribution is 2.15. The molecule has 1 fully saturated rings. The molecule has 2 aromatic heterocycles. The highest BCUT2D eigenvalue weighted by atomic mass is 32.1. The molecule has 0 aromatic carbocycles. The van der Waals surface area contributed by atoms with E-state index in [4.69, 9.17) is 4.52 Å². The zero-order chi connectivity index (χ0) is 16.2. The van der Waals surface area contributed by atoms with Gasteiger partial charge in [0.2, 0.25) is 5.91 Å². The number of likely N-dealkylation sites (tertiary alicyclic amines) is 1. The first kappa shape index (κ1) is 15.7. The standard InChI is InChI=1S/C16H19N3O3S/c1-11-9-14(18-22-11)16(21)17-12-4-6-19(7-5-12)15(20)10-13-3-2-8-23-13/h2-3,8-9,12H,4-7,10H2,1H3,(H,17,21). The van der Waals surface area contributed by atoms with Gasteiger partial charge in [0.05, 0.1) is 6.42 Å². The molecule has 0 spiro atoms. The number of thiophene rings is 1. The monoisotopic (exact) mass is 333 g/mol. The van der Waals surface area contributed by atoms with Crippen molar-refractivity contribution in [1.82, 2.24) is 15.4 Å². The lowest BCUT2D eigenvalue weighted by molar-refractivity contribution is -0.131. The van der Waals surface area contributed by atoms with Gasteiger partial charge in [-0.1, -0.05) is 11.2 Å². The van der Waals surface area contributed by atoms with Gasteiger partial charge in [-0.3, -0.25) is 9.59 Å². The largest absolute Gasteiger partial charge is 0.361 e. The molecule has 2 aromatic rings. The lowest BCUT2D eigenvalue weighted by Gasteiger charge is -2.32. The van der Waals surface area contributed by atoms with Gasteiger partial charge < -0.3 is 14.7 Å². The maximum absolute atomic E-state index is 12.2. The molecule has 2 amide bonds. The summed E-state index contributed by atoms with van der Waals surface area (Å²) in [6, 6.07) is 5.63. The van der Waals surface area contributed by atoms with Crippen molar-refractivity contribution in [2.75, 3.05) is 13.1 Å². The van der Waals surface area contributed by atoms with Crippen LogP contribution in [0.25, 0.3) is 0 Å². The Labute approximate surface area is 138 Å². The molecule has 0 unspecified atom stereocenters. The number of carbonyl (C=O) groups excluding carboxylic acids is 2. The van der Waals surface area contributed by atoms with Crippen LogP contribution in [-0.4, -0.2) is 41.0 Å². The van der Waals surface area contributed by atoms with Crippen LogP contribution in [0.5, 0.6) is 0 Å². The fraction of sp³-hybridized carbons (Fsp3) is 0.438. The van der Waals surface area contributed by atoms with Gasteiger partial charge in [0.1, 0.15) is 5.76 Å². The van der Waals surface area contributed by atoms with Crippen molar-refractivity contribution in [2.45, 2.75) is 32.2 Å². The van der Waals surface area contributed by atoms with Gasteiger partial charge in [0, 0.05) is 30.1 Å². The average molecular weight is 333 g/mol. The number of nitrogens with zero attached hydrogens (tertiary/aromatic N) is 2. The number of carbonyl (C=O) groups is 2. The van der Waals surface area contributed by atoms with E-state index in [0.29, 0.717) is 31.0 Å². The maximum atomic E-state index is 12.2. The summed E-state index contributed by atoms with van der Waals surface area (Å²) >= 11 is 1.60. The maximum Gasteiger partial charge on any atom is 0.273 e. The van der Waals surface area contributed by atoms with Gasteiger partial charge in [0.15, 0.2) is 5.69 Å². The second-order valence-electron chi connectivity index (χ2n) is 5.71. The zero-order valence-corrected chi connectivity index (χ0v) is 13.8. The molecule has 7 heteroatoms. The first-order chi connectivity index (χ1) is 11.1. The Morgan fingerprint density at radius 3 is 2.83 bits per heavy atom. The average Bonchev–Trinajstić information content (AvgIpc) is 3.19. The highest BCUT2D eigenvalue weighted by molar-refractivity contribution is 7.10. The van der Waals surface area contributed by atoms with Crippen molar-refractivity contribution in [3.63, 3.8) is 0 Å². The normalized spacial score (nSPS) is 15.6. The molecule has 0 aliphatic carbocycles. The summed E-state index contributed by atoms with van der Waals surface area (Å²) in [5.41, 5.74) is 0.304. The van der Waals surface area contributed by atoms with Gasteiger partial charge in [0.25, 0.3) is 5.91 Å². The molecule has 3 rings (SSSR count). The van der Waals surface area contributed by atoms with Crippen LogP contribution < -0.4 is 5.32 Å². The molecule has 1 saturated heterocycles. The topological polar surface area (TPSA) is 75.4 Å². The number of hydrogen-bond donors (Lipinski definition) is 1. The fourth-order valence-electron chi connectivity index (χ4n) is 2.68. The van der Waals surface area contributed by atoms with Crippen molar-refractivity contribution in [1.29, 1.82) is 0 Å². The minimum Gasteiger partial charge on any atom is -0.361 e. The third-order valence-electron chi connectivity index (χ3n) is 3.95. The van der Waals surface area contributed by atoms with Gasteiger partial charge in [-0.25, -0.2) is 0 Å². The van der Waals surface area contributed by atoms with Crippen molar-refractivity contribution in [2.24, 2.45) is 0 Å². The summed E-state index contributed by atoms with van der Waals surface area (Å²) < 4.78 is 4.91. The van der Waals surface area contributed by atoms with Gasteiger partial charge in [-0.05, 0) is 31.2 Å². The summed E-state index contributed by atoms with van der Waals surface area (Å²) in [6.07, 6.45) is 1.99. The SMILES string of the molecule is Cc1cc(C(=O)NC2CCN(C(=O)Cc3cccs3)CC2)no1. The summed E-state index contributed by atoms with van der Waals surface area (Å²) in [5, 5.41) is 8.65. The summed E-state index contributed by atoms with van der Waals surface area (Å²) in [6.45, 7) is 3.10. The van der Waals surface area contributed by atoms with E-state index >= 15 is 0 Å². The molecule has 0 bridgehead atoms. The van der Waals surface area contributed by atoms with Crippen molar-refractivity contribution in [3.8, 4) is 0 Å². The van der Waals surface area contributed by atoms with Crippen LogP contribution in [0.2, 0.25) is 0 Å².